The normalized spacial score (nSPS) is 11.5. The quantitative estimate of drug-likeness (QED) is 0.128. The van der Waals surface area contributed by atoms with Crippen molar-refractivity contribution >= 4 is 56.7 Å². The molecule has 3 aromatic carbocycles. The number of anilines is 1. The van der Waals surface area contributed by atoms with Gasteiger partial charge in [0.05, 0.1) is 38.9 Å². The van der Waals surface area contributed by atoms with E-state index in [2.05, 4.69) is 10.5 Å². The Morgan fingerprint density at radius 3 is 2.37 bits per heavy atom. The Kier molecular flexibility index (Phi) is 9.43. The van der Waals surface area contributed by atoms with Gasteiger partial charge in [-0.2, -0.15) is 5.10 Å². The summed E-state index contributed by atoms with van der Waals surface area (Å²) in [5.41, 5.74) is 5.66. The van der Waals surface area contributed by atoms with Crippen molar-refractivity contribution in [3.63, 3.8) is 0 Å². The molecule has 0 fully saturated rings. The maximum absolute atomic E-state index is 13.7. The van der Waals surface area contributed by atoms with Crippen LogP contribution < -0.4 is 14.5 Å². The second-order valence-electron chi connectivity index (χ2n) is 9.47. The number of aryl methyl sites for hydroxylation is 2. The standard InChI is InChI=1S/C29H27Cl2N5O6S/c1-18-5-11-25(15-28(18)36(38)39)43(40,41)34(22-6-9-24(42-4)10-7-22)17-29(37)33-32-16-21-13-19(2)35(20(21)3)23-8-12-26(30)27(31)14-23/h5-16H,17H2,1-4H3,(H,33,37)/b32-16-. The number of hydrogen-bond acceptors (Lipinski definition) is 7. The van der Waals surface area contributed by atoms with E-state index < -0.39 is 27.4 Å². The summed E-state index contributed by atoms with van der Waals surface area (Å²) in [6.07, 6.45) is 1.45. The molecule has 0 bridgehead atoms. The number of nitro benzene ring substituents is 1. The molecule has 1 N–H and O–H groups in total. The summed E-state index contributed by atoms with van der Waals surface area (Å²) in [4.78, 5) is 23.5. The molecule has 0 atom stereocenters. The van der Waals surface area contributed by atoms with Crippen LogP contribution in [0.2, 0.25) is 10.0 Å². The lowest BCUT2D eigenvalue weighted by Gasteiger charge is -2.24. The number of carbonyl (C=O) groups is 1. The smallest absolute Gasteiger partial charge is 0.273 e. The fourth-order valence-electron chi connectivity index (χ4n) is 4.42. The maximum atomic E-state index is 13.7. The summed E-state index contributed by atoms with van der Waals surface area (Å²) in [5, 5.41) is 16.4. The molecule has 1 aromatic heterocycles. The largest absolute Gasteiger partial charge is 0.497 e. The third kappa shape index (κ3) is 6.82. The molecule has 4 aromatic rings. The van der Waals surface area contributed by atoms with Crippen molar-refractivity contribution in [2.45, 2.75) is 25.7 Å². The average molecular weight is 645 g/mol. The molecule has 0 aliphatic rings. The Labute approximate surface area is 258 Å². The van der Waals surface area contributed by atoms with Crippen LogP contribution in [-0.2, 0) is 14.8 Å². The first kappa shape index (κ1) is 31.5. The van der Waals surface area contributed by atoms with Gasteiger partial charge in [0.15, 0.2) is 0 Å². The summed E-state index contributed by atoms with van der Waals surface area (Å²) in [7, 11) is -2.95. The van der Waals surface area contributed by atoms with Gasteiger partial charge in [-0.3, -0.25) is 19.2 Å². The molecule has 11 nitrogen and oxygen atoms in total. The molecule has 1 amide bonds. The number of rotatable bonds is 10. The number of methoxy groups -OCH3 is 1. The van der Waals surface area contributed by atoms with E-state index >= 15 is 0 Å². The van der Waals surface area contributed by atoms with E-state index in [9.17, 15) is 23.3 Å². The minimum absolute atomic E-state index is 0.147. The second kappa shape index (κ2) is 12.9. The van der Waals surface area contributed by atoms with E-state index in [1.54, 1.807) is 12.1 Å². The van der Waals surface area contributed by atoms with Crippen LogP contribution in [0.25, 0.3) is 5.69 Å². The molecule has 0 saturated heterocycles. The van der Waals surface area contributed by atoms with Crippen LogP contribution in [0.1, 0.15) is 22.5 Å². The van der Waals surface area contributed by atoms with Crippen LogP contribution >= 0.6 is 23.2 Å². The van der Waals surface area contributed by atoms with Gasteiger partial charge in [0, 0.05) is 34.3 Å². The third-order valence-electron chi connectivity index (χ3n) is 6.64. The van der Waals surface area contributed by atoms with E-state index in [-0.39, 0.29) is 16.3 Å². The van der Waals surface area contributed by atoms with Crippen molar-refractivity contribution < 1.29 is 22.9 Å². The van der Waals surface area contributed by atoms with Crippen molar-refractivity contribution in [3.05, 3.63) is 109 Å². The van der Waals surface area contributed by atoms with Crippen LogP contribution in [0.4, 0.5) is 11.4 Å². The van der Waals surface area contributed by atoms with E-state index in [0.717, 1.165) is 27.4 Å². The lowest BCUT2D eigenvalue weighted by atomic mass is 10.2. The van der Waals surface area contributed by atoms with Crippen molar-refractivity contribution in [1.29, 1.82) is 0 Å². The highest BCUT2D eigenvalue weighted by Crippen LogP contribution is 2.30. The molecule has 0 spiro atoms. The minimum Gasteiger partial charge on any atom is -0.497 e. The average Bonchev–Trinajstić information content (AvgIpc) is 3.25. The van der Waals surface area contributed by atoms with Gasteiger partial charge >= 0.3 is 0 Å². The zero-order valence-electron chi connectivity index (χ0n) is 23.5. The fourth-order valence-corrected chi connectivity index (χ4v) is 6.15. The number of nitrogens with one attached hydrogen (secondary N) is 1. The van der Waals surface area contributed by atoms with Gasteiger partial charge in [0.25, 0.3) is 21.6 Å². The molecule has 0 aliphatic heterocycles. The number of aromatic nitrogens is 1. The zero-order chi connectivity index (χ0) is 31.5. The first-order chi connectivity index (χ1) is 20.3. The van der Waals surface area contributed by atoms with Crippen molar-refractivity contribution in [2.75, 3.05) is 18.0 Å². The van der Waals surface area contributed by atoms with Gasteiger partial charge in [-0.05, 0) is 75.4 Å². The first-order valence-corrected chi connectivity index (χ1v) is 14.9. The van der Waals surface area contributed by atoms with E-state index in [1.807, 2.05) is 30.5 Å². The summed E-state index contributed by atoms with van der Waals surface area (Å²) in [5.74, 6) is -0.268. The van der Waals surface area contributed by atoms with E-state index in [0.29, 0.717) is 26.9 Å². The molecular formula is C29H27Cl2N5O6S. The minimum atomic E-state index is -4.41. The predicted octanol–water partition coefficient (Wildman–Crippen LogP) is 5.97. The Hall–Kier alpha value is -4.39. The van der Waals surface area contributed by atoms with Gasteiger partial charge in [0.1, 0.15) is 12.3 Å². The maximum Gasteiger partial charge on any atom is 0.273 e. The number of amides is 1. The molecule has 224 valence electrons. The number of carbonyl (C=O) groups excluding carboxylic acids is 1. The fraction of sp³-hybridized carbons (Fsp3) is 0.172. The van der Waals surface area contributed by atoms with Crippen LogP contribution in [0.5, 0.6) is 5.75 Å². The summed E-state index contributed by atoms with van der Waals surface area (Å²) < 4.78 is 35.4. The highest BCUT2D eigenvalue weighted by Gasteiger charge is 2.29. The number of hydrogen-bond donors (Lipinski definition) is 1. The molecule has 14 heteroatoms. The number of hydrazone groups is 1. The predicted molar refractivity (Wildman–Crippen MR) is 166 cm³/mol. The Morgan fingerprint density at radius 1 is 1.05 bits per heavy atom. The topological polar surface area (TPSA) is 136 Å². The van der Waals surface area contributed by atoms with Gasteiger partial charge < -0.3 is 9.30 Å². The molecular weight excluding hydrogens is 617 g/mol. The molecule has 0 unspecified atom stereocenters. The molecule has 1 heterocycles. The monoisotopic (exact) mass is 643 g/mol. The van der Waals surface area contributed by atoms with Crippen LogP contribution in [0.3, 0.4) is 0 Å². The highest BCUT2D eigenvalue weighted by atomic mass is 35.5. The van der Waals surface area contributed by atoms with Crippen LogP contribution in [-0.4, -0.2) is 43.7 Å². The summed E-state index contributed by atoms with van der Waals surface area (Å²) in [6, 6.07) is 16.7. The number of nitro groups is 1. The Balaban J connectivity index is 1.60. The number of sulfonamides is 1. The van der Waals surface area contributed by atoms with Gasteiger partial charge in [0.2, 0.25) is 0 Å². The highest BCUT2D eigenvalue weighted by molar-refractivity contribution is 7.92. The SMILES string of the molecule is COc1ccc(N(CC(=O)N/N=C\c2cc(C)n(-c3ccc(Cl)c(Cl)c3)c2C)S(=O)(=O)c2ccc(C)c([N+](=O)[O-])c2)cc1. The second-order valence-corrected chi connectivity index (χ2v) is 12.1. The first-order valence-electron chi connectivity index (χ1n) is 12.7. The van der Waals surface area contributed by atoms with Gasteiger partial charge in [-0.15, -0.1) is 0 Å². The Bertz CT molecular complexity index is 1840. The van der Waals surface area contributed by atoms with Crippen molar-refractivity contribution in [1.82, 2.24) is 9.99 Å². The Morgan fingerprint density at radius 2 is 1.74 bits per heavy atom. The summed E-state index contributed by atoms with van der Waals surface area (Å²) in [6.45, 7) is 4.62. The lowest BCUT2D eigenvalue weighted by Crippen LogP contribution is -2.39. The molecule has 0 aliphatic carbocycles. The van der Waals surface area contributed by atoms with Crippen molar-refractivity contribution in [2.24, 2.45) is 5.10 Å². The van der Waals surface area contributed by atoms with Gasteiger partial charge in [-0.1, -0.05) is 29.3 Å². The van der Waals surface area contributed by atoms with E-state index in [1.165, 1.54) is 56.6 Å². The van der Waals surface area contributed by atoms with Crippen LogP contribution in [0.15, 0.2) is 76.7 Å². The molecule has 0 radical (unpaired) electrons. The number of ether oxygens (including phenoxy) is 1. The van der Waals surface area contributed by atoms with E-state index in [4.69, 9.17) is 27.9 Å². The molecule has 4 rings (SSSR count). The number of benzene rings is 3. The van der Waals surface area contributed by atoms with Crippen molar-refractivity contribution in [3.8, 4) is 11.4 Å². The molecule has 0 saturated carbocycles. The lowest BCUT2D eigenvalue weighted by molar-refractivity contribution is -0.385. The summed E-state index contributed by atoms with van der Waals surface area (Å²) >= 11 is 12.2. The number of halogens is 2. The number of nitrogens with zero attached hydrogens (tertiary/aromatic N) is 4. The molecule has 43 heavy (non-hydrogen) atoms. The van der Waals surface area contributed by atoms with Crippen LogP contribution in [0, 0.1) is 30.9 Å². The zero-order valence-corrected chi connectivity index (χ0v) is 25.9. The van der Waals surface area contributed by atoms with Gasteiger partial charge in [-0.25, -0.2) is 13.8 Å². The third-order valence-corrected chi connectivity index (χ3v) is 9.15.